The van der Waals surface area contributed by atoms with Gasteiger partial charge in [-0.2, -0.15) is 13.2 Å². The van der Waals surface area contributed by atoms with Crippen LogP contribution >= 0.6 is 0 Å². The number of hydrogen-bond acceptors (Lipinski definition) is 4. The van der Waals surface area contributed by atoms with Crippen LogP contribution in [0.5, 0.6) is 5.75 Å². The molecule has 1 saturated heterocycles. The van der Waals surface area contributed by atoms with Crippen molar-refractivity contribution in [2.24, 2.45) is 10.9 Å². The van der Waals surface area contributed by atoms with Crippen LogP contribution in [0, 0.1) is 12.8 Å². The van der Waals surface area contributed by atoms with Gasteiger partial charge in [-0.15, -0.1) is 0 Å². The first kappa shape index (κ1) is 29.8. The van der Waals surface area contributed by atoms with E-state index in [0.29, 0.717) is 29.5 Å². The van der Waals surface area contributed by atoms with E-state index in [4.69, 9.17) is 4.74 Å². The van der Waals surface area contributed by atoms with Crippen molar-refractivity contribution in [3.05, 3.63) is 82.7 Å². The molecule has 1 atom stereocenters. The summed E-state index contributed by atoms with van der Waals surface area (Å²) in [4.78, 5) is 24.1. The van der Waals surface area contributed by atoms with Gasteiger partial charge < -0.3 is 14.6 Å². The van der Waals surface area contributed by atoms with Crippen molar-refractivity contribution in [3.63, 3.8) is 0 Å². The number of amides is 1. The molecular weight excluding hydrogens is 539 g/mol. The Labute approximate surface area is 245 Å². The minimum atomic E-state index is -4.48. The number of nitrogens with zero attached hydrogens (tertiary/aromatic N) is 3. The lowest BCUT2D eigenvalue weighted by atomic mass is 9.96. The largest absolute Gasteiger partial charge is 0.487 e. The molecule has 1 unspecified atom stereocenters. The molecule has 2 aromatic carbocycles. The number of halogens is 3. The third kappa shape index (κ3) is 6.85. The predicted octanol–water partition coefficient (Wildman–Crippen LogP) is 8.08. The molecule has 42 heavy (non-hydrogen) atoms. The third-order valence-electron chi connectivity index (χ3n) is 8.61. The Morgan fingerprint density at radius 2 is 1.83 bits per heavy atom. The van der Waals surface area contributed by atoms with Crippen molar-refractivity contribution in [1.29, 1.82) is 0 Å². The molecule has 1 aliphatic heterocycles. The number of pyridine rings is 1. The molecule has 0 N–H and O–H groups in total. The van der Waals surface area contributed by atoms with Crippen molar-refractivity contribution in [3.8, 4) is 16.9 Å². The number of ether oxygens (including phenoxy) is 1. The number of carbonyl (C=O) groups excluding carboxylic acids is 1. The maximum absolute atomic E-state index is 13.8. The molecule has 2 aliphatic rings. The minimum absolute atomic E-state index is 0.0685. The van der Waals surface area contributed by atoms with Gasteiger partial charge in [0, 0.05) is 55.2 Å². The molecule has 1 amide bonds. The molecule has 3 aromatic rings. The highest BCUT2D eigenvalue weighted by Gasteiger charge is 2.35. The Bertz CT molecular complexity index is 1410. The highest BCUT2D eigenvalue weighted by molar-refractivity contribution is 5.95. The van der Waals surface area contributed by atoms with Crippen LogP contribution in [0.3, 0.4) is 0 Å². The molecule has 1 saturated carbocycles. The number of aliphatic imine (C=N–C) groups is 1. The normalized spacial score (nSPS) is 17.8. The first-order valence-electron chi connectivity index (χ1n) is 14.8. The van der Waals surface area contributed by atoms with E-state index in [9.17, 15) is 18.0 Å². The molecule has 222 valence electrons. The summed E-state index contributed by atoms with van der Waals surface area (Å²) in [6, 6.07) is 14.1. The Morgan fingerprint density at radius 3 is 2.55 bits per heavy atom. The zero-order valence-electron chi connectivity index (χ0n) is 24.3. The van der Waals surface area contributed by atoms with Crippen molar-refractivity contribution in [1.82, 2.24) is 9.88 Å². The number of aryl methyl sites for hydroxylation is 1. The zero-order valence-corrected chi connectivity index (χ0v) is 24.3. The van der Waals surface area contributed by atoms with Gasteiger partial charge >= 0.3 is 6.18 Å². The van der Waals surface area contributed by atoms with Gasteiger partial charge in [0.15, 0.2) is 0 Å². The highest BCUT2D eigenvalue weighted by Crippen LogP contribution is 2.36. The first-order chi connectivity index (χ1) is 20.2. The van der Waals surface area contributed by atoms with Crippen LogP contribution in [0.4, 0.5) is 13.2 Å². The van der Waals surface area contributed by atoms with Crippen molar-refractivity contribution in [2.75, 3.05) is 13.6 Å². The first-order valence-corrected chi connectivity index (χ1v) is 14.8. The van der Waals surface area contributed by atoms with Crippen LogP contribution in [0.25, 0.3) is 11.1 Å². The van der Waals surface area contributed by atoms with Gasteiger partial charge in [0.2, 0.25) is 0 Å². The second kappa shape index (κ2) is 13.1. The predicted molar refractivity (Wildman–Crippen MR) is 159 cm³/mol. The summed E-state index contributed by atoms with van der Waals surface area (Å²) in [6.07, 6.45) is 7.73. The summed E-state index contributed by atoms with van der Waals surface area (Å²) >= 11 is 0. The van der Waals surface area contributed by atoms with E-state index in [0.717, 1.165) is 42.9 Å². The third-order valence-corrected chi connectivity index (χ3v) is 8.61. The number of carbonyl (C=O) groups is 1. The molecule has 5 rings (SSSR count). The maximum atomic E-state index is 13.8. The molecular formula is C34H38F3N3O2. The van der Waals surface area contributed by atoms with Gasteiger partial charge in [-0.1, -0.05) is 56.0 Å². The molecule has 0 bridgehead atoms. The smallest absolute Gasteiger partial charge is 0.417 e. The van der Waals surface area contributed by atoms with Crippen molar-refractivity contribution >= 4 is 12.1 Å². The number of hydrogen-bond donors (Lipinski definition) is 0. The summed E-state index contributed by atoms with van der Waals surface area (Å²) in [5, 5.41) is 0. The molecule has 8 heteroatoms. The monoisotopic (exact) mass is 577 g/mol. The number of benzene rings is 2. The van der Waals surface area contributed by atoms with Gasteiger partial charge in [0.1, 0.15) is 12.4 Å². The minimum Gasteiger partial charge on any atom is -0.487 e. The van der Waals surface area contributed by atoms with E-state index in [1.165, 1.54) is 44.7 Å². The summed E-state index contributed by atoms with van der Waals surface area (Å²) in [5.74, 6) is 1.22. The van der Waals surface area contributed by atoms with Crippen LogP contribution in [0.2, 0.25) is 0 Å². The van der Waals surface area contributed by atoms with E-state index >= 15 is 0 Å². The van der Waals surface area contributed by atoms with E-state index in [2.05, 4.69) is 14.9 Å². The highest BCUT2D eigenvalue weighted by atomic mass is 19.4. The van der Waals surface area contributed by atoms with E-state index in [1.54, 1.807) is 31.6 Å². The van der Waals surface area contributed by atoms with Gasteiger partial charge in [-0.3, -0.25) is 9.78 Å². The molecule has 5 nitrogen and oxygen atoms in total. The maximum Gasteiger partial charge on any atom is 0.417 e. The Kier molecular flexibility index (Phi) is 9.29. The molecule has 0 radical (unpaired) electrons. The van der Waals surface area contributed by atoms with Crippen LogP contribution < -0.4 is 4.74 Å². The average molecular weight is 578 g/mol. The summed E-state index contributed by atoms with van der Waals surface area (Å²) in [6.45, 7) is 2.01. The van der Waals surface area contributed by atoms with E-state index in [-0.39, 0.29) is 23.6 Å². The van der Waals surface area contributed by atoms with Gasteiger partial charge in [0.05, 0.1) is 11.3 Å². The number of aromatic nitrogens is 1. The van der Waals surface area contributed by atoms with Crippen molar-refractivity contribution in [2.45, 2.75) is 77.1 Å². The molecule has 2 heterocycles. The lowest BCUT2D eigenvalue weighted by Crippen LogP contribution is -2.36. The van der Waals surface area contributed by atoms with Gasteiger partial charge in [-0.05, 0) is 61.4 Å². The summed E-state index contributed by atoms with van der Waals surface area (Å²) < 4.78 is 47.2. The molecule has 1 aromatic heterocycles. The number of rotatable bonds is 9. The van der Waals surface area contributed by atoms with E-state index < -0.39 is 11.7 Å². The van der Waals surface area contributed by atoms with Crippen LogP contribution in [-0.2, 0) is 19.2 Å². The standard InChI is InChI=1S/C34H38F3N3O2/c1-23-7-5-10-27(32(23)34(35,36)37)22-42-31-20-28(21-39-30(31)16-17-38-2)25-12-14-26(15-13-25)33(41)40-18-6-11-29(40)19-24-8-3-4-9-24/h5,7,10,12-15,17,20-21,24,29H,3-4,6,8-9,11,16,18-19,22H2,1-2H3. The second-order valence-electron chi connectivity index (χ2n) is 11.5. The lowest BCUT2D eigenvalue weighted by Gasteiger charge is -2.27. The molecule has 2 fully saturated rings. The fourth-order valence-electron chi connectivity index (χ4n) is 6.45. The lowest BCUT2D eigenvalue weighted by molar-refractivity contribution is -0.139. The fourth-order valence-corrected chi connectivity index (χ4v) is 6.45. The fraction of sp³-hybridized carbons (Fsp3) is 0.441. The van der Waals surface area contributed by atoms with Gasteiger partial charge in [-0.25, -0.2) is 0 Å². The Morgan fingerprint density at radius 1 is 1.07 bits per heavy atom. The van der Waals surface area contributed by atoms with E-state index in [1.807, 2.05) is 24.3 Å². The molecule has 1 aliphatic carbocycles. The topological polar surface area (TPSA) is 54.8 Å². The average Bonchev–Trinajstić information content (AvgIpc) is 3.67. The van der Waals surface area contributed by atoms with Crippen LogP contribution in [-0.4, -0.2) is 41.6 Å². The van der Waals surface area contributed by atoms with Gasteiger partial charge in [0.25, 0.3) is 5.91 Å². The molecule has 0 spiro atoms. The summed E-state index contributed by atoms with van der Waals surface area (Å²) in [7, 11) is 1.65. The quantitative estimate of drug-likeness (QED) is 0.242. The van der Waals surface area contributed by atoms with Crippen LogP contribution in [0.1, 0.15) is 77.7 Å². The second-order valence-corrected chi connectivity index (χ2v) is 11.5. The SMILES string of the molecule is CN=CCc1ncc(-c2ccc(C(=O)N3CCCC3CC3CCCC3)cc2)cc1OCc1cccc(C)c1C(F)(F)F. The zero-order chi connectivity index (χ0) is 29.7. The number of likely N-dealkylation sites (tertiary alicyclic amines) is 1. The van der Waals surface area contributed by atoms with Crippen LogP contribution in [0.15, 0.2) is 59.7 Å². The number of alkyl halides is 3. The Balaban J connectivity index is 1.34. The Hall–Kier alpha value is -3.68. The summed E-state index contributed by atoms with van der Waals surface area (Å²) in [5.41, 5.74) is 2.39. The van der Waals surface area contributed by atoms with Crippen molar-refractivity contribution < 1.29 is 22.7 Å².